The first kappa shape index (κ1) is 17.4. The van der Waals surface area contributed by atoms with Crippen molar-refractivity contribution in [2.75, 3.05) is 13.1 Å². The van der Waals surface area contributed by atoms with Crippen molar-refractivity contribution in [1.29, 1.82) is 0 Å². The first-order valence-electron chi connectivity index (χ1n) is 9.42. The molecule has 2 fully saturated rings. The van der Waals surface area contributed by atoms with Gasteiger partial charge in [-0.3, -0.25) is 4.79 Å². The molecule has 26 heavy (non-hydrogen) atoms. The molecule has 4 rings (SSSR count). The Kier molecular flexibility index (Phi) is 4.45. The Morgan fingerprint density at radius 2 is 1.88 bits per heavy atom. The lowest BCUT2D eigenvalue weighted by atomic mass is 9.66. The molecular weight excluding hydrogens is 331 g/mol. The van der Waals surface area contributed by atoms with Gasteiger partial charge in [0.15, 0.2) is 0 Å². The van der Waals surface area contributed by atoms with E-state index in [-0.39, 0.29) is 17.5 Å². The van der Waals surface area contributed by atoms with Gasteiger partial charge >= 0.3 is 0 Å². The molecule has 1 unspecified atom stereocenters. The first-order chi connectivity index (χ1) is 12.5. The Bertz CT molecular complexity index is 843. The van der Waals surface area contributed by atoms with Gasteiger partial charge < -0.3 is 15.0 Å². The van der Waals surface area contributed by atoms with E-state index in [0.717, 1.165) is 38.8 Å². The van der Waals surface area contributed by atoms with Gasteiger partial charge in [-0.15, -0.1) is 0 Å². The maximum absolute atomic E-state index is 14.7. The fourth-order valence-electron chi connectivity index (χ4n) is 4.78. The van der Waals surface area contributed by atoms with Crippen LogP contribution in [0.3, 0.4) is 0 Å². The number of pyridine rings is 1. The largest absolute Gasteiger partial charge is 0.387 e. The predicted octanol–water partition coefficient (Wildman–Crippen LogP) is 2.94. The number of nitrogens with zero attached hydrogens (tertiary/aromatic N) is 1. The summed E-state index contributed by atoms with van der Waals surface area (Å²) < 4.78 is 16.1. The zero-order valence-corrected chi connectivity index (χ0v) is 14.9. The van der Waals surface area contributed by atoms with Gasteiger partial charge in [-0.1, -0.05) is 43.2 Å². The van der Waals surface area contributed by atoms with Gasteiger partial charge in [0, 0.05) is 29.8 Å². The average Bonchev–Trinajstić information content (AvgIpc) is 3.12. The van der Waals surface area contributed by atoms with E-state index in [4.69, 9.17) is 0 Å². The zero-order valence-electron chi connectivity index (χ0n) is 14.9. The highest BCUT2D eigenvalue weighted by Crippen LogP contribution is 2.49. The van der Waals surface area contributed by atoms with Crippen LogP contribution in [0, 0.1) is 11.2 Å². The minimum atomic E-state index is -0.973. The topological polar surface area (TPSA) is 54.3 Å². The predicted molar refractivity (Wildman–Crippen MR) is 99.4 cm³/mol. The van der Waals surface area contributed by atoms with Gasteiger partial charge in [-0.2, -0.15) is 0 Å². The fourth-order valence-corrected chi connectivity index (χ4v) is 4.78. The number of hydrogen-bond donors (Lipinski definition) is 2. The van der Waals surface area contributed by atoms with Crippen molar-refractivity contribution in [3.63, 3.8) is 0 Å². The van der Waals surface area contributed by atoms with Crippen molar-refractivity contribution in [3.8, 4) is 11.1 Å². The summed E-state index contributed by atoms with van der Waals surface area (Å²) in [4.78, 5) is 12.7. The summed E-state index contributed by atoms with van der Waals surface area (Å²) in [7, 11) is 0. The second kappa shape index (κ2) is 6.63. The van der Waals surface area contributed by atoms with Crippen LogP contribution in [0.4, 0.5) is 4.39 Å². The lowest BCUT2D eigenvalue weighted by Crippen LogP contribution is -2.60. The summed E-state index contributed by atoms with van der Waals surface area (Å²) in [6.45, 7) is 1.64. The summed E-state index contributed by atoms with van der Waals surface area (Å²) in [5, 5.41) is 14.8. The summed E-state index contributed by atoms with van der Waals surface area (Å²) in [5.41, 5.74) is -0.467. The lowest BCUT2D eigenvalue weighted by molar-refractivity contribution is -0.115. The van der Waals surface area contributed by atoms with Crippen LogP contribution >= 0.6 is 0 Å². The van der Waals surface area contributed by atoms with Gasteiger partial charge in [0.1, 0.15) is 5.82 Å². The van der Waals surface area contributed by atoms with Crippen LogP contribution in [0.25, 0.3) is 11.1 Å². The molecule has 0 radical (unpaired) electrons. The van der Waals surface area contributed by atoms with E-state index in [1.165, 1.54) is 16.8 Å². The van der Waals surface area contributed by atoms with E-state index in [1.54, 1.807) is 12.1 Å². The standard InChI is InChI=1S/C21H25FN2O2/c22-18-13-24(19(25)12-17(18)16-6-2-1-3-7-16)15-21(26)10-11-23-14-20(21)8-4-5-9-20/h1-3,6-7,12-13,23,26H,4-5,8-11,14-15H2. The number of benzene rings is 1. The molecule has 1 spiro atoms. The van der Waals surface area contributed by atoms with Crippen molar-refractivity contribution in [1.82, 2.24) is 9.88 Å². The highest BCUT2D eigenvalue weighted by molar-refractivity contribution is 5.63. The number of nitrogens with one attached hydrogen (secondary N) is 1. The molecule has 1 aliphatic heterocycles. The van der Waals surface area contributed by atoms with E-state index in [1.807, 2.05) is 18.2 Å². The molecule has 0 amide bonds. The van der Waals surface area contributed by atoms with Gasteiger partial charge in [-0.25, -0.2) is 4.39 Å². The SMILES string of the molecule is O=c1cc(-c2ccccc2)c(F)cn1CC1(O)CCNCC12CCCC2. The molecule has 1 atom stereocenters. The van der Waals surface area contributed by atoms with E-state index < -0.39 is 11.4 Å². The van der Waals surface area contributed by atoms with Crippen molar-refractivity contribution in [3.05, 3.63) is 58.8 Å². The minimum absolute atomic E-state index is 0.152. The maximum atomic E-state index is 14.7. The molecule has 138 valence electrons. The quantitative estimate of drug-likeness (QED) is 0.889. The first-order valence-corrected chi connectivity index (χ1v) is 9.42. The van der Waals surface area contributed by atoms with Crippen LogP contribution in [0.15, 0.2) is 47.4 Å². The average molecular weight is 356 g/mol. The number of halogens is 1. The van der Waals surface area contributed by atoms with Crippen molar-refractivity contribution >= 4 is 0 Å². The lowest BCUT2D eigenvalue weighted by Gasteiger charge is -2.49. The molecule has 4 nitrogen and oxygen atoms in total. The third kappa shape index (κ3) is 2.89. The van der Waals surface area contributed by atoms with Gasteiger partial charge in [0.2, 0.25) is 0 Å². The molecule has 2 aromatic rings. The number of piperidine rings is 1. The van der Waals surface area contributed by atoms with Crippen molar-refractivity contribution in [2.24, 2.45) is 5.41 Å². The molecular formula is C21H25FN2O2. The van der Waals surface area contributed by atoms with Crippen molar-refractivity contribution in [2.45, 2.75) is 44.2 Å². The van der Waals surface area contributed by atoms with Crippen LogP contribution < -0.4 is 10.9 Å². The Hall–Kier alpha value is -1.98. The highest BCUT2D eigenvalue weighted by atomic mass is 19.1. The second-order valence-electron chi connectivity index (χ2n) is 7.81. The van der Waals surface area contributed by atoms with Crippen LogP contribution in [0.2, 0.25) is 0 Å². The van der Waals surface area contributed by atoms with Gasteiger partial charge in [0.05, 0.1) is 12.1 Å². The summed E-state index contributed by atoms with van der Waals surface area (Å²) in [6.07, 6.45) is 5.95. The normalized spacial score (nSPS) is 24.8. The molecule has 1 saturated heterocycles. The minimum Gasteiger partial charge on any atom is -0.387 e. The van der Waals surface area contributed by atoms with Crippen LogP contribution in [0.1, 0.15) is 32.1 Å². The summed E-state index contributed by atoms with van der Waals surface area (Å²) in [6, 6.07) is 10.4. The van der Waals surface area contributed by atoms with E-state index >= 15 is 0 Å². The molecule has 2 heterocycles. The second-order valence-corrected chi connectivity index (χ2v) is 7.81. The van der Waals surface area contributed by atoms with E-state index in [9.17, 15) is 14.3 Å². The molecule has 1 aromatic carbocycles. The number of rotatable bonds is 3. The van der Waals surface area contributed by atoms with Crippen LogP contribution in [-0.2, 0) is 6.54 Å². The van der Waals surface area contributed by atoms with Gasteiger partial charge in [0.25, 0.3) is 5.56 Å². The molecule has 0 bridgehead atoms. The zero-order chi connectivity index (χ0) is 18.2. The summed E-state index contributed by atoms with van der Waals surface area (Å²) >= 11 is 0. The van der Waals surface area contributed by atoms with Crippen LogP contribution in [-0.4, -0.2) is 28.4 Å². The highest BCUT2D eigenvalue weighted by Gasteiger charge is 2.53. The smallest absolute Gasteiger partial charge is 0.251 e. The fraction of sp³-hybridized carbons (Fsp3) is 0.476. The van der Waals surface area contributed by atoms with Crippen LogP contribution in [0.5, 0.6) is 0 Å². The Balaban J connectivity index is 1.68. The molecule has 1 saturated carbocycles. The number of aliphatic hydroxyl groups is 1. The monoisotopic (exact) mass is 356 g/mol. The summed E-state index contributed by atoms with van der Waals surface area (Å²) in [5.74, 6) is -0.436. The molecule has 1 aliphatic carbocycles. The van der Waals surface area contributed by atoms with Crippen molar-refractivity contribution < 1.29 is 9.50 Å². The molecule has 5 heteroatoms. The van der Waals surface area contributed by atoms with E-state index in [0.29, 0.717) is 17.5 Å². The molecule has 1 aromatic heterocycles. The molecule has 2 N–H and O–H groups in total. The third-order valence-corrected chi connectivity index (χ3v) is 6.32. The Morgan fingerprint density at radius 1 is 1.15 bits per heavy atom. The Labute approximate surface area is 152 Å². The van der Waals surface area contributed by atoms with Gasteiger partial charge in [-0.05, 0) is 31.4 Å². The number of hydrogen-bond acceptors (Lipinski definition) is 3. The molecule has 2 aliphatic rings. The third-order valence-electron chi connectivity index (χ3n) is 6.32. The number of aromatic nitrogens is 1. The maximum Gasteiger partial charge on any atom is 0.251 e. The van der Waals surface area contributed by atoms with E-state index in [2.05, 4.69) is 5.32 Å². The Morgan fingerprint density at radius 3 is 2.62 bits per heavy atom.